The van der Waals surface area contributed by atoms with Crippen molar-refractivity contribution in [3.63, 3.8) is 0 Å². The lowest BCUT2D eigenvalue weighted by molar-refractivity contribution is 0.899. The summed E-state index contributed by atoms with van der Waals surface area (Å²) in [5.41, 5.74) is 3.02. The molecule has 0 aromatic carbocycles. The maximum atomic E-state index is 3.74. The second kappa shape index (κ2) is 18.1. The van der Waals surface area contributed by atoms with Crippen molar-refractivity contribution < 1.29 is 0 Å². The molecule has 0 fully saturated rings. The van der Waals surface area contributed by atoms with Crippen LogP contribution in [-0.2, 0) is 0 Å². The van der Waals surface area contributed by atoms with Crippen LogP contribution >= 0.6 is 0 Å². The van der Waals surface area contributed by atoms with E-state index in [0.717, 1.165) is 0 Å². The first-order valence-electron chi connectivity index (χ1n) is 5.65. The Hall–Kier alpha value is -0.780. The normalized spacial score (nSPS) is 12.4. The molecule has 0 amide bonds. The number of allylic oxidation sites excluding steroid dienone is 3. The van der Waals surface area contributed by atoms with Gasteiger partial charge in [-0.25, -0.2) is 0 Å². The Labute approximate surface area is 91.4 Å². The van der Waals surface area contributed by atoms with Crippen LogP contribution in [0.4, 0.5) is 0 Å². The predicted octanol–water partition coefficient (Wildman–Crippen LogP) is 5.53. The molecule has 1 aliphatic rings. The van der Waals surface area contributed by atoms with E-state index in [2.05, 4.69) is 26.7 Å². The van der Waals surface area contributed by atoms with Gasteiger partial charge in [-0.15, -0.1) is 13.2 Å². The molecule has 0 N–H and O–H groups in total. The van der Waals surface area contributed by atoms with Crippen LogP contribution in [0.25, 0.3) is 0 Å². The van der Waals surface area contributed by atoms with Gasteiger partial charge >= 0.3 is 0 Å². The van der Waals surface area contributed by atoms with Gasteiger partial charge in [0.25, 0.3) is 0 Å². The molecule has 0 aromatic heterocycles. The van der Waals surface area contributed by atoms with Crippen LogP contribution in [0.1, 0.15) is 53.9 Å². The van der Waals surface area contributed by atoms with E-state index in [9.17, 15) is 0 Å². The van der Waals surface area contributed by atoms with E-state index in [-0.39, 0.29) is 0 Å². The van der Waals surface area contributed by atoms with Crippen LogP contribution in [0.3, 0.4) is 0 Å². The minimum Gasteiger partial charge on any atom is -0.106 e. The third-order valence-electron chi connectivity index (χ3n) is 1.79. The highest BCUT2D eigenvalue weighted by Crippen LogP contribution is 2.25. The average Bonchev–Trinajstić information content (AvgIpc) is 2.72. The van der Waals surface area contributed by atoms with Gasteiger partial charge in [-0.3, -0.25) is 0 Å². The first kappa shape index (κ1) is 18.9. The van der Waals surface area contributed by atoms with E-state index in [1.807, 2.05) is 33.8 Å². The Morgan fingerprint density at radius 2 is 1.43 bits per heavy atom. The number of hydrogen-bond acceptors (Lipinski definition) is 0. The summed E-state index contributed by atoms with van der Waals surface area (Å²) in [4.78, 5) is 0. The molecule has 0 saturated carbocycles. The minimum atomic E-state index is 1.26. The summed E-state index contributed by atoms with van der Waals surface area (Å²) in [6.45, 7) is 19.9. The van der Waals surface area contributed by atoms with Gasteiger partial charge in [0.2, 0.25) is 0 Å². The zero-order valence-corrected chi connectivity index (χ0v) is 10.8. The van der Waals surface area contributed by atoms with Gasteiger partial charge in [0.1, 0.15) is 0 Å². The Morgan fingerprint density at radius 3 is 1.57 bits per heavy atom. The maximum absolute atomic E-state index is 3.74. The van der Waals surface area contributed by atoms with E-state index in [0.29, 0.717) is 0 Å². The standard InChI is InChI=1S/C8H12.2C2H6.C2H4/c1-3-8-6-4-5-7(8)2;3*1-2/h3H,1,4-6H2,2H3;2*1-2H3;1-2H2. The quantitative estimate of drug-likeness (QED) is 0.484. The van der Waals surface area contributed by atoms with Gasteiger partial charge < -0.3 is 0 Å². The van der Waals surface area contributed by atoms with Crippen molar-refractivity contribution in [2.75, 3.05) is 0 Å². The van der Waals surface area contributed by atoms with Crippen molar-refractivity contribution >= 4 is 0 Å². The first-order valence-corrected chi connectivity index (χ1v) is 5.65. The molecule has 0 aromatic rings. The van der Waals surface area contributed by atoms with Crippen LogP contribution in [0.5, 0.6) is 0 Å². The summed E-state index contributed by atoms with van der Waals surface area (Å²) in [6, 6.07) is 0. The van der Waals surface area contributed by atoms with Crippen LogP contribution in [-0.4, -0.2) is 0 Å². The molecule has 1 rings (SSSR count). The third kappa shape index (κ3) is 9.31. The molecule has 0 saturated heterocycles. The average molecular weight is 196 g/mol. The van der Waals surface area contributed by atoms with Crippen LogP contribution in [0.2, 0.25) is 0 Å². The molecule has 0 heteroatoms. The lowest BCUT2D eigenvalue weighted by atomic mass is 10.2. The topological polar surface area (TPSA) is 0 Å². The molecule has 0 heterocycles. The van der Waals surface area contributed by atoms with Crippen LogP contribution in [0, 0.1) is 0 Å². The maximum Gasteiger partial charge on any atom is -0.0277 e. The highest BCUT2D eigenvalue weighted by atomic mass is 14.1. The van der Waals surface area contributed by atoms with Crippen molar-refractivity contribution in [3.8, 4) is 0 Å². The molecule has 0 unspecified atom stereocenters. The molecule has 0 bridgehead atoms. The van der Waals surface area contributed by atoms with Gasteiger partial charge in [0, 0.05) is 0 Å². The van der Waals surface area contributed by atoms with Gasteiger partial charge in [-0.2, -0.15) is 0 Å². The van der Waals surface area contributed by atoms with Crippen molar-refractivity contribution in [3.05, 3.63) is 37.0 Å². The van der Waals surface area contributed by atoms with Crippen molar-refractivity contribution in [2.24, 2.45) is 0 Å². The first-order chi connectivity index (χ1) is 6.84. The van der Waals surface area contributed by atoms with Crippen molar-refractivity contribution in [1.82, 2.24) is 0 Å². The summed E-state index contributed by atoms with van der Waals surface area (Å²) in [5.74, 6) is 0. The number of rotatable bonds is 1. The van der Waals surface area contributed by atoms with Crippen LogP contribution < -0.4 is 0 Å². The lowest BCUT2D eigenvalue weighted by Gasteiger charge is -1.90. The molecule has 0 aliphatic heterocycles. The summed E-state index contributed by atoms with van der Waals surface area (Å²) >= 11 is 0. The molecule has 0 radical (unpaired) electrons. The fourth-order valence-electron chi connectivity index (χ4n) is 1.19. The SMILES string of the molecule is C=C.C=CC1=C(C)CCC1.CC.CC. The Balaban J connectivity index is -0.000000174. The molecule has 14 heavy (non-hydrogen) atoms. The van der Waals surface area contributed by atoms with E-state index in [1.165, 1.54) is 24.8 Å². The fourth-order valence-corrected chi connectivity index (χ4v) is 1.19. The number of hydrogen-bond donors (Lipinski definition) is 0. The lowest BCUT2D eigenvalue weighted by Crippen LogP contribution is -1.69. The molecular weight excluding hydrogens is 168 g/mol. The third-order valence-corrected chi connectivity index (χ3v) is 1.79. The predicted molar refractivity (Wildman–Crippen MR) is 70.7 cm³/mol. The Morgan fingerprint density at radius 1 is 1.00 bits per heavy atom. The largest absolute Gasteiger partial charge is 0.106 e. The van der Waals surface area contributed by atoms with E-state index >= 15 is 0 Å². The molecule has 0 spiro atoms. The highest BCUT2D eigenvalue weighted by Gasteiger charge is 2.05. The summed E-state index contributed by atoms with van der Waals surface area (Å²) in [7, 11) is 0. The molecule has 0 nitrogen and oxygen atoms in total. The molecule has 0 atom stereocenters. The van der Waals surface area contributed by atoms with Crippen molar-refractivity contribution in [2.45, 2.75) is 53.9 Å². The minimum absolute atomic E-state index is 1.26. The highest BCUT2D eigenvalue weighted by molar-refractivity contribution is 5.26. The summed E-state index contributed by atoms with van der Waals surface area (Å²) in [6.07, 6.45) is 5.88. The Bertz CT molecular complexity index is 140. The second-order valence-electron chi connectivity index (χ2n) is 2.36. The molecular formula is C14H28. The van der Waals surface area contributed by atoms with Crippen molar-refractivity contribution in [1.29, 1.82) is 0 Å². The second-order valence-corrected chi connectivity index (χ2v) is 2.36. The fraction of sp³-hybridized carbons (Fsp3) is 0.571. The van der Waals surface area contributed by atoms with Crippen LogP contribution in [0.15, 0.2) is 37.0 Å². The zero-order valence-electron chi connectivity index (χ0n) is 10.8. The van der Waals surface area contributed by atoms with Gasteiger partial charge in [0.05, 0.1) is 0 Å². The van der Waals surface area contributed by atoms with E-state index < -0.39 is 0 Å². The van der Waals surface area contributed by atoms with E-state index in [1.54, 1.807) is 5.57 Å². The van der Waals surface area contributed by atoms with Gasteiger partial charge in [-0.1, -0.05) is 45.9 Å². The smallest absolute Gasteiger partial charge is 0.0277 e. The van der Waals surface area contributed by atoms with E-state index in [4.69, 9.17) is 0 Å². The van der Waals surface area contributed by atoms with Gasteiger partial charge in [0.15, 0.2) is 0 Å². The summed E-state index contributed by atoms with van der Waals surface area (Å²) in [5, 5.41) is 0. The zero-order chi connectivity index (χ0) is 12.0. The molecule has 84 valence electrons. The van der Waals surface area contributed by atoms with Gasteiger partial charge in [-0.05, 0) is 31.8 Å². The summed E-state index contributed by atoms with van der Waals surface area (Å²) < 4.78 is 0. The Kier molecular flexibility index (Phi) is 24.4. The monoisotopic (exact) mass is 196 g/mol. The molecule has 1 aliphatic carbocycles.